The second kappa shape index (κ2) is 6.19. The summed E-state index contributed by atoms with van der Waals surface area (Å²) in [6, 6.07) is 7.08. The van der Waals surface area contributed by atoms with E-state index in [9.17, 15) is 4.79 Å². The van der Waals surface area contributed by atoms with E-state index in [-0.39, 0.29) is 5.78 Å². The molecule has 0 aliphatic heterocycles. The largest absolute Gasteiger partial charge is 0.399 e. The summed E-state index contributed by atoms with van der Waals surface area (Å²) in [7, 11) is 0. The van der Waals surface area contributed by atoms with E-state index in [1.807, 2.05) is 0 Å². The molecule has 0 saturated heterocycles. The van der Waals surface area contributed by atoms with E-state index in [0.29, 0.717) is 17.8 Å². The van der Waals surface area contributed by atoms with Crippen molar-refractivity contribution in [1.29, 1.82) is 0 Å². The van der Waals surface area contributed by atoms with Crippen molar-refractivity contribution in [3.8, 4) is 0 Å². The van der Waals surface area contributed by atoms with Gasteiger partial charge in [0, 0.05) is 11.3 Å². The van der Waals surface area contributed by atoms with Crippen LogP contribution in [0.3, 0.4) is 0 Å². The summed E-state index contributed by atoms with van der Waals surface area (Å²) in [6.45, 7) is 3.41. The normalized spacial score (nSPS) is 10.2. The maximum absolute atomic E-state index is 11.6. The molecule has 0 amide bonds. The van der Waals surface area contributed by atoms with E-state index in [4.69, 9.17) is 5.73 Å². The Bertz CT molecular complexity index is 323. The molecule has 1 aromatic carbocycles. The van der Waals surface area contributed by atoms with Gasteiger partial charge in [-0.3, -0.25) is 4.79 Å². The Hall–Kier alpha value is -1.35. The second-order valence-electron chi connectivity index (χ2n) is 3.58. The Morgan fingerprint density at radius 2 is 2.27 bits per heavy atom. The fraction of sp³-hybridized carbons (Fsp3) is 0.417. The highest BCUT2D eigenvalue weighted by Gasteiger charge is 2.04. The van der Waals surface area contributed by atoms with Crippen LogP contribution in [-0.4, -0.2) is 18.9 Å². The molecule has 0 unspecified atom stereocenters. The number of nitrogens with one attached hydrogen (secondary N) is 1. The van der Waals surface area contributed by atoms with Gasteiger partial charge in [-0.2, -0.15) is 0 Å². The first-order valence-electron chi connectivity index (χ1n) is 5.33. The molecule has 3 nitrogen and oxygen atoms in total. The molecule has 0 atom stereocenters. The summed E-state index contributed by atoms with van der Waals surface area (Å²) in [6.07, 6.45) is 2.24. The van der Waals surface area contributed by atoms with Gasteiger partial charge >= 0.3 is 0 Å². The molecule has 0 saturated carbocycles. The van der Waals surface area contributed by atoms with Crippen molar-refractivity contribution in [2.24, 2.45) is 0 Å². The summed E-state index contributed by atoms with van der Waals surface area (Å²) in [5.74, 6) is 0.0957. The number of carbonyl (C=O) groups excluding carboxylic acids is 1. The van der Waals surface area contributed by atoms with Crippen molar-refractivity contribution in [2.45, 2.75) is 19.8 Å². The van der Waals surface area contributed by atoms with Gasteiger partial charge in [-0.25, -0.2) is 0 Å². The number of hydrogen-bond donors (Lipinski definition) is 2. The minimum Gasteiger partial charge on any atom is -0.399 e. The topological polar surface area (TPSA) is 55.1 Å². The highest BCUT2D eigenvalue weighted by atomic mass is 16.1. The number of Topliss-reactive ketones (excluding diaryl/α,β-unsaturated/α-hetero) is 1. The number of unbranched alkanes of at least 4 members (excludes halogenated alkanes) is 1. The van der Waals surface area contributed by atoms with E-state index < -0.39 is 0 Å². The van der Waals surface area contributed by atoms with E-state index in [1.54, 1.807) is 24.3 Å². The highest BCUT2D eigenvalue weighted by molar-refractivity contribution is 5.98. The molecule has 3 heteroatoms. The third-order valence-corrected chi connectivity index (χ3v) is 2.20. The predicted molar refractivity (Wildman–Crippen MR) is 63.0 cm³/mol. The lowest BCUT2D eigenvalue weighted by atomic mass is 10.1. The van der Waals surface area contributed by atoms with Crippen LogP contribution in [0.4, 0.5) is 5.69 Å². The molecule has 3 N–H and O–H groups in total. The quantitative estimate of drug-likeness (QED) is 0.424. The average molecular weight is 206 g/mol. The van der Waals surface area contributed by atoms with Gasteiger partial charge in [0.2, 0.25) is 0 Å². The minimum absolute atomic E-state index is 0.0957. The van der Waals surface area contributed by atoms with Crippen LogP contribution in [-0.2, 0) is 0 Å². The van der Waals surface area contributed by atoms with Gasteiger partial charge in [0.1, 0.15) is 0 Å². The molecule has 0 bridgehead atoms. The molecule has 15 heavy (non-hydrogen) atoms. The number of anilines is 1. The zero-order valence-electron chi connectivity index (χ0n) is 9.12. The molecule has 0 aromatic heterocycles. The summed E-state index contributed by atoms with van der Waals surface area (Å²) in [5, 5.41) is 3.11. The zero-order chi connectivity index (χ0) is 11.1. The van der Waals surface area contributed by atoms with Crippen LogP contribution in [0.15, 0.2) is 24.3 Å². The Morgan fingerprint density at radius 3 is 2.93 bits per heavy atom. The van der Waals surface area contributed by atoms with Crippen LogP contribution in [0.1, 0.15) is 30.1 Å². The number of nitrogens with two attached hydrogens (primary N) is 1. The van der Waals surface area contributed by atoms with Crippen molar-refractivity contribution in [3.63, 3.8) is 0 Å². The molecule has 1 rings (SSSR count). The highest BCUT2D eigenvalue weighted by Crippen LogP contribution is 2.06. The van der Waals surface area contributed by atoms with Crippen molar-refractivity contribution >= 4 is 11.5 Å². The monoisotopic (exact) mass is 206 g/mol. The van der Waals surface area contributed by atoms with Crippen molar-refractivity contribution < 1.29 is 4.79 Å². The van der Waals surface area contributed by atoms with E-state index >= 15 is 0 Å². The molecule has 0 aliphatic rings. The lowest BCUT2D eigenvalue weighted by Crippen LogP contribution is -2.23. The maximum Gasteiger partial charge on any atom is 0.176 e. The lowest BCUT2D eigenvalue weighted by molar-refractivity contribution is 0.0991. The third-order valence-electron chi connectivity index (χ3n) is 2.20. The Labute approximate surface area is 90.7 Å². The van der Waals surface area contributed by atoms with Crippen LogP contribution < -0.4 is 11.1 Å². The number of benzene rings is 1. The zero-order valence-corrected chi connectivity index (χ0v) is 9.12. The molecule has 0 heterocycles. The van der Waals surface area contributed by atoms with Crippen molar-refractivity contribution in [2.75, 3.05) is 18.8 Å². The number of nitrogen functional groups attached to an aromatic ring is 1. The van der Waals surface area contributed by atoms with Gasteiger partial charge in [0.15, 0.2) is 5.78 Å². The minimum atomic E-state index is 0.0957. The second-order valence-corrected chi connectivity index (χ2v) is 3.58. The molecular weight excluding hydrogens is 188 g/mol. The Kier molecular flexibility index (Phi) is 4.84. The van der Waals surface area contributed by atoms with Gasteiger partial charge in [0.25, 0.3) is 0 Å². The van der Waals surface area contributed by atoms with Gasteiger partial charge in [-0.05, 0) is 25.1 Å². The van der Waals surface area contributed by atoms with Crippen LogP contribution in [0.25, 0.3) is 0 Å². The standard InChI is InChI=1S/C12H18N2O/c1-2-3-7-14-9-12(15)10-5-4-6-11(13)8-10/h4-6,8,14H,2-3,7,9,13H2,1H3. The average Bonchev–Trinajstić information content (AvgIpc) is 2.24. The number of carbonyl (C=O) groups is 1. The Balaban J connectivity index is 2.40. The van der Waals surface area contributed by atoms with Crippen LogP contribution >= 0.6 is 0 Å². The van der Waals surface area contributed by atoms with Crippen molar-refractivity contribution in [3.05, 3.63) is 29.8 Å². The summed E-state index contributed by atoms with van der Waals surface area (Å²) in [4.78, 5) is 11.6. The lowest BCUT2D eigenvalue weighted by Gasteiger charge is -2.03. The fourth-order valence-electron chi connectivity index (χ4n) is 1.32. The molecular formula is C12H18N2O. The van der Waals surface area contributed by atoms with Gasteiger partial charge < -0.3 is 11.1 Å². The van der Waals surface area contributed by atoms with Gasteiger partial charge in [-0.15, -0.1) is 0 Å². The van der Waals surface area contributed by atoms with E-state index in [1.165, 1.54) is 0 Å². The SMILES string of the molecule is CCCCNCC(=O)c1cccc(N)c1. The number of ketones is 1. The number of rotatable bonds is 6. The first-order chi connectivity index (χ1) is 7.24. The maximum atomic E-state index is 11.6. The predicted octanol–water partition coefficient (Wildman–Crippen LogP) is 1.84. The van der Waals surface area contributed by atoms with E-state index in [2.05, 4.69) is 12.2 Å². The molecule has 82 valence electrons. The molecule has 0 spiro atoms. The third kappa shape index (κ3) is 4.13. The molecule has 0 radical (unpaired) electrons. The summed E-state index contributed by atoms with van der Waals surface area (Å²) in [5.41, 5.74) is 6.91. The summed E-state index contributed by atoms with van der Waals surface area (Å²) < 4.78 is 0. The summed E-state index contributed by atoms with van der Waals surface area (Å²) >= 11 is 0. The van der Waals surface area contributed by atoms with Crippen LogP contribution in [0.2, 0.25) is 0 Å². The first kappa shape index (κ1) is 11.7. The first-order valence-corrected chi connectivity index (χ1v) is 5.33. The van der Waals surface area contributed by atoms with Crippen LogP contribution in [0, 0.1) is 0 Å². The smallest absolute Gasteiger partial charge is 0.176 e. The van der Waals surface area contributed by atoms with Gasteiger partial charge in [0.05, 0.1) is 6.54 Å². The van der Waals surface area contributed by atoms with E-state index in [0.717, 1.165) is 19.4 Å². The number of hydrogen-bond acceptors (Lipinski definition) is 3. The molecule has 1 aromatic rings. The Morgan fingerprint density at radius 1 is 1.47 bits per heavy atom. The van der Waals surface area contributed by atoms with Crippen LogP contribution in [0.5, 0.6) is 0 Å². The fourth-order valence-corrected chi connectivity index (χ4v) is 1.32. The molecule has 0 fully saturated rings. The van der Waals surface area contributed by atoms with Gasteiger partial charge in [-0.1, -0.05) is 25.5 Å². The molecule has 0 aliphatic carbocycles. The van der Waals surface area contributed by atoms with Crippen molar-refractivity contribution in [1.82, 2.24) is 5.32 Å².